The zero-order valence-electron chi connectivity index (χ0n) is 11.4. The van der Waals surface area contributed by atoms with E-state index < -0.39 is 11.9 Å². The molecule has 0 unspecified atom stereocenters. The predicted molar refractivity (Wildman–Crippen MR) is 77.0 cm³/mol. The monoisotopic (exact) mass is 343 g/mol. The van der Waals surface area contributed by atoms with Gasteiger partial charge in [-0.25, -0.2) is 14.2 Å². The fourth-order valence-electron chi connectivity index (χ4n) is 2.05. The number of aromatic nitrogens is 2. The maximum atomic E-state index is 13.9. The van der Waals surface area contributed by atoms with E-state index in [1.165, 1.54) is 13.1 Å². The highest BCUT2D eigenvalue weighted by Gasteiger charge is 2.17. The SMILES string of the molecule is CNC(=O)OCc1nc2c(F)cc(Br)cc2n1C(C)C. The Kier molecular flexibility index (Phi) is 4.27. The minimum Gasteiger partial charge on any atom is -0.441 e. The van der Waals surface area contributed by atoms with Gasteiger partial charge in [0.05, 0.1) is 5.52 Å². The lowest BCUT2D eigenvalue weighted by atomic mass is 10.3. The number of carbonyl (C=O) groups excluding carboxylic acids is 1. The van der Waals surface area contributed by atoms with Crippen molar-refractivity contribution in [3.05, 3.63) is 28.2 Å². The molecule has 5 nitrogen and oxygen atoms in total. The second-order valence-electron chi connectivity index (χ2n) is 4.57. The topological polar surface area (TPSA) is 56.1 Å². The van der Waals surface area contributed by atoms with Crippen molar-refractivity contribution in [1.29, 1.82) is 0 Å². The molecule has 2 rings (SSSR count). The van der Waals surface area contributed by atoms with Gasteiger partial charge in [-0.2, -0.15) is 0 Å². The van der Waals surface area contributed by atoms with Crippen molar-refractivity contribution in [2.75, 3.05) is 7.05 Å². The largest absolute Gasteiger partial charge is 0.441 e. The molecule has 20 heavy (non-hydrogen) atoms. The quantitative estimate of drug-likeness (QED) is 0.929. The van der Waals surface area contributed by atoms with E-state index in [1.54, 1.807) is 6.07 Å². The van der Waals surface area contributed by atoms with Gasteiger partial charge in [-0.05, 0) is 26.0 Å². The van der Waals surface area contributed by atoms with Gasteiger partial charge in [0.25, 0.3) is 0 Å². The summed E-state index contributed by atoms with van der Waals surface area (Å²) in [6.45, 7) is 3.91. The van der Waals surface area contributed by atoms with Crippen LogP contribution in [0.5, 0.6) is 0 Å². The number of hydrogen-bond donors (Lipinski definition) is 1. The van der Waals surface area contributed by atoms with Gasteiger partial charge in [0.15, 0.2) is 12.4 Å². The molecule has 1 heterocycles. The van der Waals surface area contributed by atoms with Crippen LogP contribution in [0.3, 0.4) is 0 Å². The molecule has 1 N–H and O–H groups in total. The lowest BCUT2D eigenvalue weighted by Crippen LogP contribution is -2.20. The van der Waals surface area contributed by atoms with Crippen LogP contribution in [0, 0.1) is 5.82 Å². The second kappa shape index (κ2) is 5.78. The number of nitrogens with zero attached hydrogens (tertiary/aromatic N) is 2. The molecule has 1 aromatic carbocycles. The highest BCUT2D eigenvalue weighted by Crippen LogP contribution is 2.27. The molecule has 1 amide bonds. The van der Waals surface area contributed by atoms with E-state index in [2.05, 4.69) is 26.2 Å². The molecule has 1 aromatic heterocycles. The maximum Gasteiger partial charge on any atom is 0.407 e. The van der Waals surface area contributed by atoms with Gasteiger partial charge in [-0.1, -0.05) is 15.9 Å². The Morgan fingerprint density at radius 1 is 1.55 bits per heavy atom. The summed E-state index contributed by atoms with van der Waals surface area (Å²) in [5, 5.41) is 2.36. The summed E-state index contributed by atoms with van der Waals surface area (Å²) in [7, 11) is 1.48. The molecule has 0 spiro atoms. The first kappa shape index (κ1) is 14.8. The molecule has 0 saturated heterocycles. The summed E-state index contributed by atoms with van der Waals surface area (Å²) in [5.41, 5.74) is 0.944. The standard InChI is InChI=1S/C13H15BrFN3O2/c1-7(2)18-10-5-8(14)4-9(15)12(10)17-11(18)6-20-13(19)16-3/h4-5,7H,6H2,1-3H3,(H,16,19). The van der Waals surface area contributed by atoms with Crippen molar-refractivity contribution < 1.29 is 13.9 Å². The minimum atomic E-state index is -0.547. The van der Waals surface area contributed by atoms with Crippen LogP contribution in [0.25, 0.3) is 11.0 Å². The fourth-order valence-corrected chi connectivity index (χ4v) is 2.47. The highest BCUT2D eigenvalue weighted by atomic mass is 79.9. The van der Waals surface area contributed by atoms with Crippen LogP contribution >= 0.6 is 15.9 Å². The van der Waals surface area contributed by atoms with Crippen molar-refractivity contribution in [3.8, 4) is 0 Å². The Morgan fingerprint density at radius 2 is 2.25 bits per heavy atom. The smallest absolute Gasteiger partial charge is 0.407 e. The lowest BCUT2D eigenvalue weighted by Gasteiger charge is -2.13. The first-order chi connectivity index (χ1) is 9.43. The predicted octanol–water partition coefficient (Wildman–Crippen LogP) is 3.37. The number of hydrogen-bond acceptors (Lipinski definition) is 3. The van der Waals surface area contributed by atoms with Gasteiger partial charge in [0.2, 0.25) is 0 Å². The number of halogens is 2. The van der Waals surface area contributed by atoms with Crippen LogP contribution in [0.15, 0.2) is 16.6 Å². The van der Waals surface area contributed by atoms with Crippen molar-refractivity contribution in [2.24, 2.45) is 0 Å². The summed E-state index contributed by atoms with van der Waals surface area (Å²) in [6, 6.07) is 3.23. The number of imidazole rings is 1. The molecule has 0 bridgehead atoms. The summed E-state index contributed by atoms with van der Waals surface area (Å²) in [6.07, 6.45) is -0.547. The number of ether oxygens (including phenoxy) is 1. The first-order valence-corrected chi connectivity index (χ1v) is 6.93. The molecule has 0 atom stereocenters. The number of alkyl carbamates (subject to hydrolysis) is 1. The first-order valence-electron chi connectivity index (χ1n) is 6.14. The second-order valence-corrected chi connectivity index (χ2v) is 5.49. The average Bonchev–Trinajstić information content (AvgIpc) is 2.74. The van der Waals surface area contributed by atoms with Gasteiger partial charge < -0.3 is 14.6 Å². The van der Waals surface area contributed by atoms with Crippen molar-refractivity contribution in [3.63, 3.8) is 0 Å². The van der Waals surface area contributed by atoms with Crippen LogP contribution in [-0.2, 0) is 11.3 Å². The van der Waals surface area contributed by atoms with E-state index in [-0.39, 0.29) is 18.2 Å². The summed E-state index contributed by atoms with van der Waals surface area (Å²) >= 11 is 3.27. The summed E-state index contributed by atoms with van der Waals surface area (Å²) < 4.78 is 21.4. The van der Waals surface area contributed by atoms with Crippen LogP contribution < -0.4 is 5.32 Å². The van der Waals surface area contributed by atoms with E-state index in [0.29, 0.717) is 15.8 Å². The molecule has 0 saturated carbocycles. The molecule has 0 aliphatic carbocycles. The summed E-state index contributed by atoms with van der Waals surface area (Å²) in [5.74, 6) is 0.102. The van der Waals surface area contributed by atoms with Gasteiger partial charge in [0.1, 0.15) is 11.3 Å². The Bertz CT molecular complexity index is 655. The van der Waals surface area contributed by atoms with Crippen molar-refractivity contribution >= 4 is 33.1 Å². The summed E-state index contributed by atoms with van der Waals surface area (Å²) in [4.78, 5) is 15.4. The van der Waals surface area contributed by atoms with Crippen LogP contribution in [-0.4, -0.2) is 22.7 Å². The third kappa shape index (κ3) is 2.77. The molecular formula is C13H15BrFN3O2. The molecule has 7 heteroatoms. The van der Waals surface area contributed by atoms with Crippen molar-refractivity contribution in [2.45, 2.75) is 26.5 Å². The Morgan fingerprint density at radius 3 is 2.85 bits per heavy atom. The molecule has 108 valence electrons. The van der Waals surface area contributed by atoms with Gasteiger partial charge >= 0.3 is 6.09 Å². The van der Waals surface area contributed by atoms with Crippen LogP contribution in [0.1, 0.15) is 25.7 Å². The molecule has 0 aliphatic rings. The third-order valence-corrected chi connectivity index (χ3v) is 3.30. The number of benzene rings is 1. The van der Waals surface area contributed by atoms with E-state index in [9.17, 15) is 9.18 Å². The van der Waals surface area contributed by atoms with Crippen LogP contribution in [0.4, 0.5) is 9.18 Å². The van der Waals surface area contributed by atoms with Gasteiger partial charge in [-0.15, -0.1) is 0 Å². The maximum absolute atomic E-state index is 13.9. The molecule has 0 radical (unpaired) electrons. The highest BCUT2D eigenvalue weighted by molar-refractivity contribution is 9.10. The average molecular weight is 344 g/mol. The number of carbonyl (C=O) groups is 1. The fraction of sp³-hybridized carbons (Fsp3) is 0.385. The Hall–Kier alpha value is -1.63. The number of amides is 1. The Labute approximate surface area is 124 Å². The van der Waals surface area contributed by atoms with Crippen LogP contribution in [0.2, 0.25) is 0 Å². The lowest BCUT2D eigenvalue weighted by molar-refractivity contribution is 0.137. The van der Waals surface area contributed by atoms with Gasteiger partial charge in [0, 0.05) is 17.6 Å². The zero-order valence-corrected chi connectivity index (χ0v) is 13.0. The van der Waals surface area contributed by atoms with Gasteiger partial charge in [-0.3, -0.25) is 0 Å². The van der Waals surface area contributed by atoms with E-state index in [0.717, 1.165) is 0 Å². The molecule has 0 fully saturated rings. The number of rotatable bonds is 3. The minimum absolute atomic E-state index is 0.0103. The van der Waals surface area contributed by atoms with E-state index in [1.807, 2.05) is 18.4 Å². The number of fused-ring (bicyclic) bond motifs is 1. The third-order valence-electron chi connectivity index (χ3n) is 2.84. The molecule has 0 aliphatic heterocycles. The van der Waals surface area contributed by atoms with Crippen molar-refractivity contribution in [1.82, 2.24) is 14.9 Å². The Balaban J connectivity index is 2.51. The normalized spacial score (nSPS) is 11.1. The van der Waals surface area contributed by atoms with E-state index >= 15 is 0 Å². The zero-order chi connectivity index (χ0) is 14.9. The molecule has 2 aromatic rings. The number of nitrogens with one attached hydrogen (secondary N) is 1. The van der Waals surface area contributed by atoms with E-state index in [4.69, 9.17) is 4.74 Å². The molecular weight excluding hydrogens is 329 g/mol.